The summed E-state index contributed by atoms with van der Waals surface area (Å²) in [5, 5.41) is 3.98. The van der Waals surface area contributed by atoms with E-state index in [9.17, 15) is 0 Å². The molecular formula is C12H14ClN3. The Balaban J connectivity index is 2.17. The average Bonchev–Trinajstić information content (AvgIpc) is 2.66. The van der Waals surface area contributed by atoms with Crippen molar-refractivity contribution < 1.29 is 0 Å². The van der Waals surface area contributed by atoms with Crippen molar-refractivity contribution in [2.45, 2.75) is 13.5 Å². The third kappa shape index (κ3) is 2.55. The molecule has 2 rings (SSSR count). The lowest BCUT2D eigenvalue weighted by molar-refractivity contribution is 0.800. The molecule has 0 spiro atoms. The maximum absolute atomic E-state index is 5.95. The summed E-state index contributed by atoms with van der Waals surface area (Å²) in [4.78, 5) is 4.24. The second-order valence-electron chi connectivity index (χ2n) is 3.54. The van der Waals surface area contributed by atoms with Crippen LogP contribution in [0.5, 0.6) is 0 Å². The summed E-state index contributed by atoms with van der Waals surface area (Å²) in [5.41, 5.74) is 1.17. The van der Waals surface area contributed by atoms with Crippen molar-refractivity contribution in [2.75, 3.05) is 11.9 Å². The van der Waals surface area contributed by atoms with E-state index < -0.39 is 0 Å². The first-order valence-electron chi connectivity index (χ1n) is 5.29. The first-order valence-corrected chi connectivity index (χ1v) is 5.67. The standard InChI is InChI=1S/C12H14ClN3/c1-2-14-12-15-6-7-16(12)9-10-4-3-5-11(13)8-10/h3-8H,2,9H2,1H3,(H,14,15). The Morgan fingerprint density at radius 3 is 3.06 bits per heavy atom. The summed E-state index contributed by atoms with van der Waals surface area (Å²) < 4.78 is 2.06. The van der Waals surface area contributed by atoms with E-state index in [-0.39, 0.29) is 0 Å². The second kappa shape index (κ2) is 5.03. The minimum absolute atomic E-state index is 0.766. The van der Waals surface area contributed by atoms with E-state index in [4.69, 9.17) is 11.6 Å². The van der Waals surface area contributed by atoms with E-state index in [1.807, 2.05) is 24.4 Å². The van der Waals surface area contributed by atoms with Crippen molar-refractivity contribution in [3.63, 3.8) is 0 Å². The van der Waals surface area contributed by atoms with E-state index in [1.54, 1.807) is 6.20 Å². The highest BCUT2D eigenvalue weighted by atomic mass is 35.5. The van der Waals surface area contributed by atoms with Gasteiger partial charge in [0.05, 0.1) is 6.54 Å². The monoisotopic (exact) mass is 235 g/mol. The molecule has 0 atom stereocenters. The van der Waals surface area contributed by atoms with Gasteiger partial charge >= 0.3 is 0 Å². The molecule has 1 heterocycles. The van der Waals surface area contributed by atoms with Gasteiger partial charge in [-0.15, -0.1) is 0 Å². The van der Waals surface area contributed by atoms with Crippen LogP contribution in [0, 0.1) is 0 Å². The van der Waals surface area contributed by atoms with Gasteiger partial charge in [-0.2, -0.15) is 0 Å². The molecule has 0 fully saturated rings. The predicted octanol–water partition coefficient (Wildman–Crippen LogP) is 3.02. The molecule has 0 aliphatic rings. The van der Waals surface area contributed by atoms with Gasteiger partial charge in [0.1, 0.15) is 0 Å². The van der Waals surface area contributed by atoms with Crippen LogP contribution in [0.3, 0.4) is 0 Å². The molecule has 0 aliphatic heterocycles. The van der Waals surface area contributed by atoms with Gasteiger partial charge in [0.25, 0.3) is 0 Å². The third-order valence-corrected chi connectivity index (χ3v) is 2.53. The molecule has 0 saturated carbocycles. The maximum atomic E-state index is 5.95. The normalized spacial score (nSPS) is 10.4. The number of imidazole rings is 1. The fourth-order valence-electron chi connectivity index (χ4n) is 1.59. The molecule has 84 valence electrons. The predicted molar refractivity (Wildman–Crippen MR) is 66.9 cm³/mol. The van der Waals surface area contributed by atoms with Crippen LogP contribution in [0.4, 0.5) is 5.95 Å². The zero-order chi connectivity index (χ0) is 11.4. The van der Waals surface area contributed by atoms with Crippen LogP contribution < -0.4 is 5.32 Å². The van der Waals surface area contributed by atoms with Crippen molar-refractivity contribution >= 4 is 17.5 Å². The van der Waals surface area contributed by atoms with Crippen molar-refractivity contribution in [3.8, 4) is 0 Å². The van der Waals surface area contributed by atoms with Crippen LogP contribution in [0.15, 0.2) is 36.7 Å². The summed E-state index contributed by atoms with van der Waals surface area (Å²) in [6, 6.07) is 7.87. The maximum Gasteiger partial charge on any atom is 0.203 e. The Hall–Kier alpha value is -1.48. The van der Waals surface area contributed by atoms with Gasteiger partial charge < -0.3 is 9.88 Å². The molecule has 0 unspecified atom stereocenters. The number of halogens is 1. The Bertz CT molecular complexity index is 465. The number of nitrogens with zero attached hydrogens (tertiary/aromatic N) is 2. The van der Waals surface area contributed by atoms with Gasteiger partial charge in [0, 0.05) is 24.0 Å². The van der Waals surface area contributed by atoms with E-state index in [2.05, 4.69) is 27.9 Å². The van der Waals surface area contributed by atoms with Crippen molar-refractivity contribution in [2.24, 2.45) is 0 Å². The number of rotatable bonds is 4. The third-order valence-electron chi connectivity index (χ3n) is 2.29. The van der Waals surface area contributed by atoms with Gasteiger partial charge in [0.2, 0.25) is 5.95 Å². The van der Waals surface area contributed by atoms with Crippen LogP contribution in [0.2, 0.25) is 5.02 Å². The minimum atomic E-state index is 0.766. The van der Waals surface area contributed by atoms with Gasteiger partial charge in [-0.05, 0) is 24.6 Å². The topological polar surface area (TPSA) is 29.9 Å². The van der Waals surface area contributed by atoms with Gasteiger partial charge in [0.15, 0.2) is 0 Å². The highest BCUT2D eigenvalue weighted by molar-refractivity contribution is 6.30. The molecular weight excluding hydrogens is 222 g/mol. The van der Waals surface area contributed by atoms with Crippen molar-refractivity contribution in [1.82, 2.24) is 9.55 Å². The summed E-state index contributed by atoms with van der Waals surface area (Å²) in [6.07, 6.45) is 3.75. The summed E-state index contributed by atoms with van der Waals surface area (Å²) in [5.74, 6) is 0.891. The van der Waals surface area contributed by atoms with Crippen LogP contribution in [0.25, 0.3) is 0 Å². The smallest absolute Gasteiger partial charge is 0.203 e. The fourth-order valence-corrected chi connectivity index (χ4v) is 1.81. The first kappa shape index (κ1) is 11.0. The number of aromatic nitrogens is 2. The van der Waals surface area contributed by atoms with Crippen LogP contribution in [-0.4, -0.2) is 16.1 Å². The Morgan fingerprint density at radius 1 is 1.44 bits per heavy atom. The number of anilines is 1. The fraction of sp³-hybridized carbons (Fsp3) is 0.250. The molecule has 16 heavy (non-hydrogen) atoms. The lowest BCUT2D eigenvalue weighted by Gasteiger charge is -2.08. The Labute approximate surface area is 100 Å². The van der Waals surface area contributed by atoms with E-state index >= 15 is 0 Å². The van der Waals surface area contributed by atoms with E-state index in [1.165, 1.54) is 5.56 Å². The molecule has 1 aromatic carbocycles. The molecule has 0 radical (unpaired) electrons. The highest BCUT2D eigenvalue weighted by Gasteiger charge is 2.02. The quantitative estimate of drug-likeness (QED) is 0.883. The Morgan fingerprint density at radius 2 is 2.31 bits per heavy atom. The van der Waals surface area contributed by atoms with Crippen LogP contribution in [0.1, 0.15) is 12.5 Å². The zero-order valence-electron chi connectivity index (χ0n) is 9.15. The molecule has 1 N–H and O–H groups in total. The number of hydrogen-bond acceptors (Lipinski definition) is 2. The van der Waals surface area contributed by atoms with E-state index in [0.717, 1.165) is 24.1 Å². The summed E-state index contributed by atoms with van der Waals surface area (Å²) in [7, 11) is 0. The van der Waals surface area contributed by atoms with Crippen molar-refractivity contribution in [1.29, 1.82) is 0 Å². The molecule has 0 bridgehead atoms. The van der Waals surface area contributed by atoms with Crippen LogP contribution >= 0.6 is 11.6 Å². The lowest BCUT2D eigenvalue weighted by Crippen LogP contribution is -2.07. The largest absolute Gasteiger partial charge is 0.356 e. The molecule has 0 amide bonds. The minimum Gasteiger partial charge on any atom is -0.356 e. The summed E-state index contributed by atoms with van der Waals surface area (Å²) in [6.45, 7) is 3.70. The number of benzene rings is 1. The number of nitrogens with one attached hydrogen (secondary N) is 1. The molecule has 3 nitrogen and oxygen atoms in total. The molecule has 4 heteroatoms. The first-order chi connectivity index (χ1) is 7.79. The second-order valence-corrected chi connectivity index (χ2v) is 3.98. The Kier molecular flexibility index (Phi) is 3.47. The highest BCUT2D eigenvalue weighted by Crippen LogP contribution is 2.14. The number of hydrogen-bond donors (Lipinski definition) is 1. The zero-order valence-corrected chi connectivity index (χ0v) is 9.91. The molecule has 0 saturated heterocycles. The van der Waals surface area contributed by atoms with Crippen LogP contribution in [-0.2, 0) is 6.54 Å². The molecule has 0 aliphatic carbocycles. The molecule has 1 aromatic heterocycles. The van der Waals surface area contributed by atoms with Gasteiger partial charge in [-0.3, -0.25) is 0 Å². The van der Waals surface area contributed by atoms with E-state index in [0.29, 0.717) is 0 Å². The summed E-state index contributed by atoms with van der Waals surface area (Å²) >= 11 is 5.95. The lowest BCUT2D eigenvalue weighted by atomic mass is 10.2. The van der Waals surface area contributed by atoms with Gasteiger partial charge in [-0.25, -0.2) is 4.98 Å². The average molecular weight is 236 g/mol. The van der Waals surface area contributed by atoms with Crippen molar-refractivity contribution in [3.05, 3.63) is 47.2 Å². The SMILES string of the molecule is CCNc1nccn1Cc1cccc(Cl)c1. The van der Waals surface area contributed by atoms with Gasteiger partial charge in [-0.1, -0.05) is 23.7 Å². The molecule has 2 aromatic rings.